The molecule has 2 unspecified atom stereocenters. The summed E-state index contributed by atoms with van der Waals surface area (Å²) in [6.45, 7) is 0. The summed E-state index contributed by atoms with van der Waals surface area (Å²) in [5.41, 5.74) is 0. The highest BCUT2D eigenvalue weighted by atomic mass is 16.6. The smallest absolute Gasteiger partial charge is 0.309 e. The van der Waals surface area contributed by atoms with Crippen LogP contribution in [0.25, 0.3) is 0 Å². The first-order valence-electron chi connectivity index (χ1n) is 3.66. The van der Waals surface area contributed by atoms with Gasteiger partial charge >= 0.3 is 5.97 Å². The molecule has 0 amide bonds. The van der Waals surface area contributed by atoms with Gasteiger partial charge in [0.05, 0.1) is 12.0 Å². The Morgan fingerprint density at radius 3 is 3.00 bits per heavy atom. The van der Waals surface area contributed by atoms with Gasteiger partial charge in [0.1, 0.15) is 6.10 Å². The second-order valence-corrected chi connectivity index (χ2v) is 3.05. The van der Waals surface area contributed by atoms with Crippen LogP contribution in [0, 0.1) is 5.92 Å². The molecule has 1 N–H and O–H groups in total. The third-order valence-corrected chi connectivity index (χ3v) is 2.36. The molecule has 0 aromatic rings. The zero-order chi connectivity index (χ0) is 7.14. The van der Waals surface area contributed by atoms with Crippen molar-refractivity contribution in [2.45, 2.75) is 31.5 Å². The molecular formula is C7H10O3. The molecule has 3 nitrogen and oxygen atoms in total. The van der Waals surface area contributed by atoms with E-state index in [0.29, 0.717) is 0 Å². The summed E-state index contributed by atoms with van der Waals surface area (Å²) in [7, 11) is 0. The SMILES string of the molecule is O=C1OC2CC1CC[C@H]2O. The van der Waals surface area contributed by atoms with E-state index in [9.17, 15) is 9.90 Å². The van der Waals surface area contributed by atoms with Gasteiger partial charge in [-0.2, -0.15) is 0 Å². The lowest BCUT2D eigenvalue weighted by molar-refractivity contribution is -0.145. The molecule has 56 valence electrons. The van der Waals surface area contributed by atoms with Crippen molar-refractivity contribution in [3.05, 3.63) is 0 Å². The van der Waals surface area contributed by atoms with Crippen LogP contribution in [0.15, 0.2) is 0 Å². The second kappa shape index (κ2) is 1.95. The fourth-order valence-corrected chi connectivity index (χ4v) is 1.70. The molecule has 0 aromatic heterocycles. The van der Waals surface area contributed by atoms with Crippen LogP contribution < -0.4 is 0 Å². The maximum absolute atomic E-state index is 10.9. The van der Waals surface area contributed by atoms with E-state index >= 15 is 0 Å². The number of hydrogen-bond acceptors (Lipinski definition) is 3. The minimum absolute atomic E-state index is 0.0911. The number of carbonyl (C=O) groups is 1. The van der Waals surface area contributed by atoms with Gasteiger partial charge in [0, 0.05) is 6.42 Å². The third kappa shape index (κ3) is 0.736. The molecule has 1 heterocycles. The highest BCUT2D eigenvalue weighted by molar-refractivity contribution is 5.75. The van der Waals surface area contributed by atoms with E-state index in [1.54, 1.807) is 0 Å². The van der Waals surface area contributed by atoms with E-state index in [4.69, 9.17) is 4.74 Å². The van der Waals surface area contributed by atoms with Gasteiger partial charge in [-0.05, 0) is 12.8 Å². The van der Waals surface area contributed by atoms with E-state index in [2.05, 4.69) is 0 Å². The Balaban J connectivity index is 2.15. The molecule has 0 aromatic carbocycles. The third-order valence-electron chi connectivity index (χ3n) is 2.36. The zero-order valence-electron chi connectivity index (χ0n) is 5.62. The maximum Gasteiger partial charge on any atom is 0.309 e. The monoisotopic (exact) mass is 142 g/mol. The molecule has 3 heteroatoms. The Morgan fingerprint density at radius 1 is 1.50 bits per heavy atom. The Kier molecular flexibility index (Phi) is 1.20. The van der Waals surface area contributed by atoms with E-state index < -0.39 is 6.10 Å². The predicted molar refractivity (Wildman–Crippen MR) is 33.2 cm³/mol. The van der Waals surface area contributed by atoms with Crippen molar-refractivity contribution >= 4 is 5.97 Å². The number of ether oxygens (including phenoxy) is 1. The Hall–Kier alpha value is -0.570. The molecule has 2 rings (SSSR count). The van der Waals surface area contributed by atoms with Gasteiger partial charge < -0.3 is 9.84 Å². The molecule has 1 aliphatic carbocycles. The molecule has 2 aliphatic rings. The topological polar surface area (TPSA) is 46.5 Å². The fraction of sp³-hybridized carbons (Fsp3) is 0.857. The molecule has 1 saturated carbocycles. The van der Waals surface area contributed by atoms with Crippen LogP contribution in [0.3, 0.4) is 0 Å². The van der Waals surface area contributed by atoms with Crippen LogP contribution in [0.2, 0.25) is 0 Å². The van der Waals surface area contributed by atoms with Crippen LogP contribution in [0.1, 0.15) is 19.3 Å². The van der Waals surface area contributed by atoms with Crippen molar-refractivity contribution in [1.29, 1.82) is 0 Å². The van der Waals surface area contributed by atoms with Crippen molar-refractivity contribution < 1.29 is 14.6 Å². The lowest BCUT2D eigenvalue weighted by atomic mass is 9.88. The number of fused-ring (bicyclic) bond motifs is 2. The molecule has 1 aliphatic heterocycles. The van der Waals surface area contributed by atoms with Gasteiger partial charge in [-0.3, -0.25) is 4.79 Å². The van der Waals surface area contributed by atoms with Crippen molar-refractivity contribution in [3.8, 4) is 0 Å². The Labute approximate surface area is 59.0 Å². The molecule has 10 heavy (non-hydrogen) atoms. The van der Waals surface area contributed by atoms with Gasteiger partial charge in [0.2, 0.25) is 0 Å². The normalized spacial score (nSPS) is 45.3. The van der Waals surface area contributed by atoms with E-state index in [1.807, 2.05) is 0 Å². The lowest BCUT2D eigenvalue weighted by Crippen LogP contribution is -2.28. The molecule has 0 radical (unpaired) electrons. The Morgan fingerprint density at radius 2 is 2.30 bits per heavy atom. The van der Waals surface area contributed by atoms with Gasteiger partial charge in [-0.1, -0.05) is 0 Å². The summed E-state index contributed by atoms with van der Waals surface area (Å²) in [6, 6.07) is 0. The first-order chi connectivity index (χ1) is 4.77. The van der Waals surface area contributed by atoms with Crippen LogP contribution in [0.5, 0.6) is 0 Å². The maximum atomic E-state index is 10.9. The first kappa shape index (κ1) is 6.16. The standard InChI is InChI=1S/C7H10O3/c8-5-2-1-4-3-6(5)10-7(4)9/h4-6,8H,1-3H2/t4?,5-,6?/m1/s1. The van der Waals surface area contributed by atoms with Gasteiger partial charge in [0.15, 0.2) is 0 Å². The van der Waals surface area contributed by atoms with E-state index in [1.165, 1.54) is 0 Å². The van der Waals surface area contributed by atoms with Crippen LogP contribution in [-0.4, -0.2) is 23.3 Å². The van der Waals surface area contributed by atoms with Crippen molar-refractivity contribution in [1.82, 2.24) is 0 Å². The second-order valence-electron chi connectivity index (χ2n) is 3.05. The molecule has 2 fully saturated rings. The number of esters is 1. The molecular weight excluding hydrogens is 132 g/mol. The molecule has 1 saturated heterocycles. The van der Waals surface area contributed by atoms with Crippen LogP contribution in [-0.2, 0) is 9.53 Å². The zero-order valence-corrected chi connectivity index (χ0v) is 5.62. The molecule has 2 bridgehead atoms. The molecule has 0 spiro atoms. The number of hydrogen-bond donors (Lipinski definition) is 1. The van der Waals surface area contributed by atoms with Crippen molar-refractivity contribution in [2.24, 2.45) is 5.92 Å². The highest BCUT2D eigenvalue weighted by Gasteiger charge is 2.42. The number of aliphatic hydroxyl groups excluding tert-OH is 1. The van der Waals surface area contributed by atoms with Crippen LogP contribution in [0.4, 0.5) is 0 Å². The summed E-state index contributed by atoms with van der Waals surface area (Å²) in [4.78, 5) is 10.9. The van der Waals surface area contributed by atoms with Gasteiger partial charge in [-0.15, -0.1) is 0 Å². The highest BCUT2D eigenvalue weighted by Crippen LogP contribution is 2.33. The average Bonchev–Trinajstić information content (AvgIpc) is 2.21. The average molecular weight is 142 g/mol. The minimum atomic E-state index is -0.400. The van der Waals surface area contributed by atoms with Gasteiger partial charge in [0.25, 0.3) is 0 Å². The first-order valence-corrected chi connectivity index (χ1v) is 3.66. The van der Waals surface area contributed by atoms with Crippen molar-refractivity contribution in [3.63, 3.8) is 0 Å². The number of rotatable bonds is 0. The van der Waals surface area contributed by atoms with Gasteiger partial charge in [-0.25, -0.2) is 0 Å². The number of aliphatic hydroxyl groups is 1. The van der Waals surface area contributed by atoms with E-state index in [0.717, 1.165) is 19.3 Å². The Bertz CT molecular complexity index is 166. The summed E-state index contributed by atoms with van der Waals surface area (Å²) in [5, 5.41) is 9.24. The van der Waals surface area contributed by atoms with Crippen LogP contribution >= 0.6 is 0 Å². The summed E-state index contributed by atoms with van der Waals surface area (Å²) in [5.74, 6) is -0.0186. The van der Waals surface area contributed by atoms with Crippen molar-refractivity contribution in [2.75, 3.05) is 0 Å². The lowest BCUT2D eigenvalue weighted by Gasteiger charge is -2.19. The summed E-state index contributed by atoms with van der Waals surface area (Å²) in [6.07, 6.45) is 1.67. The minimum Gasteiger partial charge on any atom is -0.459 e. The fourth-order valence-electron chi connectivity index (χ4n) is 1.70. The summed E-state index contributed by atoms with van der Waals surface area (Å²) < 4.78 is 4.91. The molecule has 3 atom stereocenters. The quantitative estimate of drug-likeness (QED) is 0.487. The summed E-state index contributed by atoms with van der Waals surface area (Å²) >= 11 is 0. The largest absolute Gasteiger partial charge is 0.459 e. The van der Waals surface area contributed by atoms with E-state index in [-0.39, 0.29) is 18.0 Å². The predicted octanol–water partition coefficient (Wildman–Crippen LogP) is 0.0728. The number of carbonyl (C=O) groups excluding carboxylic acids is 1.